The number of likely N-dealkylation sites (tertiary alicyclic amines) is 1. The maximum atomic E-state index is 11.6. The van der Waals surface area contributed by atoms with Gasteiger partial charge in [-0.3, -0.25) is 9.59 Å². The van der Waals surface area contributed by atoms with E-state index in [1.165, 1.54) is 0 Å². The first kappa shape index (κ1) is 15.2. The molecule has 1 saturated heterocycles. The number of hydrogen-bond acceptors (Lipinski definition) is 3. The Labute approximate surface area is 102 Å². The third kappa shape index (κ3) is 3.64. The normalized spacial score (nSPS) is 21.9. The summed E-state index contributed by atoms with van der Waals surface area (Å²) in [5, 5.41) is 2.79. The predicted molar refractivity (Wildman–Crippen MR) is 64.2 cm³/mol. The summed E-state index contributed by atoms with van der Waals surface area (Å²) < 4.78 is 0. The molecule has 94 valence electrons. The lowest BCUT2D eigenvalue weighted by Crippen LogP contribution is -2.48. The van der Waals surface area contributed by atoms with Crippen LogP contribution in [0.5, 0.6) is 0 Å². The lowest BCUT2D eigenvalue weighted by atomic mass is 10.0. The molecule has 0 aliphatic carbocycles. The molecule has 0 aromatic heterocycles. The largest absolute Gasteiger partial charge is 0.350 e. The molecule has 1 unspecified atom stereocenters. The van der Waals surface area contributed by atoms with Gasteiger partial charge in [-0.2, -0.15) is 0 Å². The van der Waals surface area contributed by atoms with Gasteiger partial charge in [0.25, 0.3) is 0 Å². The number of nitrogens with zero attached hydrogens (tertiary/aromatic N) is 1. The minimum absolute atomic E-state index is 0. The van der Waals surface area contributed by atoms with Gasteiger partial charge < -0.3 is 16.0 Å². The molecule has 1 heterocycles. The van der Waals surface area contributed by atoms with E-state index in [1.807, 2.05) is 13.8 Å². The Bertz CT molecular complexity index is 271. The Balaban J connectivity index is 0.00000225. The van der Waals surface area contributed by atoms with Crippen molar-refractivity contribution in [2.24, 2.45) is 11.7 Å². The minimum Gasteiger partial charge on any atom is -0.350 e. The van der Waals surface area contributed by atoms with Crippen LogP contribution >= 0.6 is 12.4 Å². The molecule has 5 nitrogen and oxygen atoms in total. The first-order valence-electron chi connectivity index (χ1n) is 5.21. The molecule has 1 fully saturated rings. The van der Waals surface area contributed by atoms with Gasteiger partial charge in [-0.25, -0.2) is 0 Å². The van der Waals surface area contributed by atoms with Gasteiger partial charge in [-0.15, -0.1) is 12.4 Å². The average molecular weight is 250 g/mol. The molecular formula is C10H20ClN3O2. The van der Waals surface area contributed by atoms with Crippen LogP contribution in [0.1, 0.15) is 20.3 Å². The van der Waals surface area contributed by atoms with Crippen LogP contribution in [0, 0.1) is 5.92 Å². The summed E-state index contributed by atoms with van der Waals surface area (Å²) in [5.74, 6) is 0.0105. The van der Waals surface area contributed by atoms with Crippen molar-refractivity contribution in [1.29, 1.82) is 0 Å². The Hall–Kier alpha value is -0.810. The van der Waals surface area contributed by atoms with Crippen molar-refractivity contribution < 1.29 is 9.59 Å². The molecule has 3 N–H and O–H groups in total. The highest BCUT2D eigenvalue weighted by atomic mass is 35.5. The molecular weight excluding hydrogens is 230 g/mol. The summed E-state index contributed by atoms with van der Waals surface area (Å²) in [7, 11) is 1.73. The Morgan fingerprint density at radius 1 is 1.56 bits per heavy atom. The second kappa shape index (κ2) is 6.06. The maximum Gasteiger partial charge on any atom is 0.237 e. The van der Waals surface area contributed by atoms with Crippen molar-refractivity contribution in [2.45, 2.75) is 32.4 Å². The maximum absolute atomic E-state index is 11.6. The molecule has 1 aliphatic heterocycles. The van der Waals surface area contributed by atoms with Crippen LogP contribution in [0.15, 0.2) is 0 Å². The van der Waals surface area contributed by atoms with Crippen LogP contribution in [-0.4, -0.2) is 42.4 Å². The van der Waals surface area contributed by atoms with Gasteiger partial charge in [0, 0.05) is 20.0 Å². The zero-order chi connectivity index (χ0) is 11.6. The lowest BCUT2D eigenvalue weighted by molar-refractivity contribution is -0.126. The van der Waals surface area contributed by atoms with Crippen LogP contribution < -0.4 is 11.1 Å². The molecule has 0 saturated carbocycles. The monoisotopic (exact) mass is 249 g/mol. The average Bonchev–Trinajstić information content (AvgIpc) is 2.44. The molecule has 2 amide bonds. The smallest absolute Gasteiger partial charge is 0.237 e. The number of carbonyl (C=O) groups excluding carboxylic acids is 2. The van der Waals surface area contributed by atoms with Crippen LogP contribution in [0.25, 0.3) is 0 Å². The highest BCUT2D eigenvalue weighted by molar-refractivity contribution is 5.85. The number of nitrogens with two attached hydrogens (primary N) is 1. The second-order valence-corrected chi connectivity index (χ2v) is 4.45. The van der Waals surface area contributed by atoms with Crippen molar-refractivity contribution in [3.05, 3.63) is 0 Å². The van der Waals surface area contributed by atoms with Gasteiger partial charge in [-0.1, -0.05) is 13.8 Å². The SMILES string of the molecule is CC(C)[C@@H](N)C(=O)NC1CC(=O)N(C)C1.Cl. The van der Waals surface area contributed by atoms with Gasteiger partial charge in [0.05, 0.1) is 12.1 Å². The molecule has 0 aromatic carbocycles. The van der Waals surface area contributed by atoms with Gasteiger partial charge in [0.15, 0.2) is 0 Å². The number of amides is 2. The number of rotatable bonds is 3. The number of likely N-dealkylation sites (N-methyl/N-ethyl adjacent to an activating group) is 1. The van der Waals surface area contributed by atoms with Crippen LogP contribution in [0.2, 0.25) is 0 Å². The van der Waals surface area contributed by atoms with Crippen molar-refractivity contribution in [3.63, 3.8) is 0 Å². The van der Waals surface area contributed by atoms with E-state index in [2.05, 4.69) is 5.32 Å². The third-order valence-corrected chi connectivity index (χ3v) is 2.71. The molecule has 1 aliphatic rings. The number of nitrogens with one attached hydrogen (secondary N) is 1. The molecule has 6 heteroatoms. The van der Waals surface area contributed by atoms with Crippen LogP contribution in [0.4, 0.5) is 0 Å². The van der Waals surface area contributed by atoms with E-state index in [4.69, 9.17) is 5.73 Å². The summed E-state index contributed by atoms with van der Waals surface area (Å²) in [6.45, 7) is 4.38. The standard InChI is InChI=1S/C10H19N3O2.ClH/c1-6(2)9(11)10(15)12-7-4-8(14)13(3)5-7;/h6-7,9H,4-5,11H2,1-3H3,(H,12,15);1H/t7?,9-;/m1./s1. The van der Waals surface area contributed by atoms with Crippen molar-refractivity contribution in [2.75, 3.05) is 13.6 Å². The first-order valence-corrected chi connectivity index (χ1v) is 5.21. The molecule has 16 heavy (non-hydrogen) atoms. The summed E-state index contributed by atoms with van der Waals surface area (Å²) in [4.78, 5) is 24.4. The van der Waals surface area contributed by atoms with E-state index < -0.39 is 6.04 Å². The fourth-order valence-electron chi connectivity index (χ4n) is 1.56. The van der Waals surface area contributed by atoms with Crippen LogP contribution in [-0.2, 0) is 9.59 Å². The molecule has 0 bridgehead atoms. The van der Waals surface area contributed by atoms with E-state index in [0.717, 1.165) is 0 Å². The molecule has 0 spiro atoms. The zero-order valence-corrected chi connectivity index (χ0v) is 10.7. The first-order chi connectivity index (χ1) is 6.91. The topological polar surface area (TPSA) is 75.4 Å². The van der Waals surface area contributed by atoms with E-state index >= 15 is 0 Å². The van der Waals surface area contributed by atoms with Crippen molar-refractivity contribution in [3.8, 4) is 0 Å². The zero-order valence-electron chi connectivity index (χ0n) is 9.90. The predicted octanol–water partition coefficient (Wildman–Crippen LogP) is -0.262. The lowest BCUT2D eigenvalue weighted by Gasteiger charge is -2.18. The Kier molecular flexibility index (Phi) is 5.75. The highest BCUT2D eigenvalue weighted by Gasteiger charge is 2.29. The Morgan fingerprint density at radius 3 is 2.50 bits per heavy atom. The summed E-state index contributed by atoms with van der Waals surface area (Å²) in [5.41, 5.74) is 5.70. The molecule has 0 aromatic rings. The molecule has 0 radical (unpaired) electrons. The van der Waals surface area contributed by atoms with Gasteiger partial charge in [-0.05, 0) is 5.92 Å². The molecule has 1 rings (SSSR count). The van der Waals surface area contributed by atoms with E-state index in [0.29, 0.717) is 13.0 Å². The van der Waals surface area contributed by atoms with Gasteiger partial charge in [0.1, 0.15) is 0 Å². The minimum atomic E-state index is -0.494. The summed E-state index contributed by atoms with van der Waals surface area (Å²) >= 11 is 0. The third-order valence-electron chi connectivity index (χ3n) is 2.71. The van der Waals surface area contributed by atoms with Gasteiger partial charge in [0.2, 0.25) is 11.8 Å². The van der Waals surface area contributed by atoms with Crippen molar-refractivity contribution >= 4 is 24.2 Å². The second-order valence-electron chi connectivity index (χ2n) is 4.45. The van der Waals surface area contributed by atoms with Crippen molar-refractivity contribution in [1.82, 2.24) is 10.2 Å². The summed E-state index contributed by atoms with van der Waals surface area (Å²) in [6, 6.07) is -0.578. The van der Waals surface area contributed by atoms with E-state index in [9.17, 15) is 9.59 Å². The van der Waals surface area contributed by atoms with E-state index in [-0.39, 0.29) is 36.2 Å². The number of carbonyl (C=O) groups is 2. The fraction of sp³-hybridized carbons (Fsp3) is 0.800. The Morgan fingerprint density at radius 2 is 2.12 bits per heavy atom. The van der Waals surface area contributed by atoms with Gasteiger partial charge >= 0.3 is 0 Å². The highest BCUT2D eigenvalue weighted by Crippen LogP contribution is 2.09. The number of halogens is 1. The summed E-state index contributed by atoms with van der Waals surface area (Å²) in [6.07, 6.45) is 0.382. The number of hydrogen-bond donors (Lipinski definition) is 2. The fourth-order valence-corrected chi connectivity index (χ4v) is 1.56. The van der Waals surface area contributed by atoms with Crippen LogP contribution in [0.3, 0.4) is 0 Å². The quantitative estimate of drug-likeness (QED) is 0.724. The molecule has 2 atom stereocenters. The van der Waals surface area contributed by atoms with E-state index in [1.54, 1.807) is 11.9 Å².